The second-order valence-corrected chi connectivity index (χ2v) is 6.82. The summed E-state index contributed by atoms with van der Waals surface area (Å²) in [4.78, 5) is 17.0. The Labute approximate surface area is 168 Å². The molecule has 6 aromatic rings. The second kappa shape index (κ2) is 6.31. The number of pyridine rings is 2. The van der Waals surface area contributed by atoms with Gasteiger partial charge in [-0.25, -0.2) is 9.37 Å². The highest BCUT2D eigenvalue weighted by atomic mass is 19.1. The topological polar surface area (TPSA) is 112 Å². The molecule has 0 radical (unpaired) electrons. The third-order valence-corrected chi connectivity index (χ3v) is 4.98. The molecule has 6 rings (SSSR count). The number of benzene rings is 1. The van der Waals surface area contributed by atoms with E-state index in [4.69, 9.17) is 4.98 Å². The van der Waals surface area contributed by atoms with Crippen molar-refractivity contribution in [2.24, 2.45) is 0 Å². The summed E-state index contributed by atoms with van der Waals surface area (Å²) in [5, 5.41) is 15.1. The molecule has 0 bridgehead atoms. The van der Waals surface area contributed by atoms with Crippen LogP contribution in [-0.2, 0) is 0 Å². The normalized spacial score (nSPS) is 11.5. The van der Waals surface area contributed by atoms with Crippen LogP contribution in [0.1, 0.15) is 0 Å². The zero-order chi connectivity index (χ0) is 20.1. The van der Waals surface area contributed by atoms with Gasteiger partial charge in [0.1, 0.15) is 17.0 Å². The average molecular weight is 396 g/mol. The molecular weight excluding hydrogens is 383 g/mol. The number of fused-ring (bicyclic) bond motifs is 2. The van der Waals surface area contributed by atoms with Crippen molar-refractivity contribution in [1.29, 1.82) is 0 Å². The van der Waals surface area contributed by atoms with E-state index in [1.807, 2.05) is 12.1 Å². The molecule has 3 N–H and O–H groups in total. The molecule has 8 nitrogen and oxygen atoms in total. The lowest BCUT2D eigenvalue weighted by Crippen LogP contribution is -1.86. The molecule has 0 spiro atoms. The van der Waals surface area contributed by atoms with Crippen LogP contribution in [0.4, 0.5) is 4.39 Å². The summed E-state index contributed by atoms with van der Waals surface area (Å²) in [6.07, 6.45) is 6.94. The Morgan fingerprint density at radius 2 is 1.77 bits per heavy atom. The molecule has 5 aromatic heterocycles. The Morgan fingerprint density at radius 3 is 2.60 bits per heavy atom. The third-order valence-electron chi connectivity index (χ3n) is 4.98. The fourth-order valence-electron chi connectivity index (χ4n) is 3.51. The lowest BCUT2D eigenvalue weighted by atomic mass is 10.1. The summed E-state index contributed by atoms with van der Waals surface area (Å²) in [6, 6.07) is 10.0. The molecule has 0 amide bonds. The van der Waals surface area contributed by atoms with Crippen LogP contribution >= 0.6 is 0 Å². The van der Waals surface area contributed by atoms with Crippen LogP contribution in [0.15, 0.2) is 61.2 Å². The van der Waals surface area contributed by atoms with Crippen LogP contribution in [0.5, 0.6) is 0 Å². The van der Waals surface area contributed by atoms with E-state index in [0.29, 0.717) is 22.7 Å². The van der Waals surface area contributed by atoms with E-state index in [9.17, 15) is 4.39 Å². The first-order chi connectivity index (χ1) is 14.8. The molecule has 1 aromatic carbocycles. The highest BCUT2D eigenvalue weighted by molar-refractivity contribution is 5.96. The molecule has 0 aliphatic carbocycles. The first-order valence-corrected chi connectivity index (χ1v) is 9.20. The largest absolute Gasteiger partial charge is 0.336 e. The molecule has 0 unspecified atom stereocenters. The molecule has 30 heavy (non-hydrogen) atoms. The molecule has 0 aliphatic rings. The summed E-state index contributed by atoms with van der Waals surface area (Å²) < 4.78 is 13.3. The number of nitrogens with one attached hydrogen (secondary N) is 3. The summed E-state index contributed by atoms with van der Waals surface area (Å²) in [5.41, 5.74) is 6.13. The van der Waals surface area contributed by atoms with Crippen LogP contribution in [0.2, 0.25) is 0 Å². The van der Waals surface area contributed by atoms with E-state index in [1.54, 1.807) is 36.9 Å². The van der Waals surface area contributed by atoms with Crippen molar-refractivity contribution in [3.63, 3.8) is 0 Å². The number of aromatic nitrogens is 8. The van der Waals surface area contributed by atoms with Crippen molar-refractivity contribution >= 4 is 21.9 Å². The van der Waals surface area contributed by atoms with Crippen LogP contribution < -0.4 is 0 Å². The van der Waals surface area contributed by atoms with E-state index in [2.05, 4.69) is 35.3 Å². The van der Waals surface area contributed by atoms with Gasteiger partial charge in [-0.05, 0) is 36.4 Å². The monoisotopic (exact) mass is 396 g/mol. The Bertz CT molecular complexity index is 1500. The van der Waals surface area contributed by atoms with Gasteiger partial charge < -0.3 is 4.98 Å². The Morgan fingerprint density at radius 1 is 0.867 bits per heavy atom. The highest BCUT2D eigenvalue weighted by Gasteiger charge is 2.17. The highest BCUT2D eigenvalue weighted by Crippen LogP contribution is 2.31. The summed E-state index contributed by atoms with van der Waals surface area (Å²) >= 11 is 0. The van der Waals surface area contributed by atoms with Gasteiger partial charge >= 0.3 is 0 Å². The molecule has 144 valence electrons. The van der Waals surface area contributed by atoms with Crippen molar-refractivity contribution in [2.75, 3.05) is 0 Å². The maximum atomic E-state index is 13.3. The predicted molar refractivity (Wildman–Crippen MR) is 110 cm³/mol. The molecular formula is C21H13FN8. The maximum absolute atomic E-state index is 13.3. The third kappa shape index (κ3) is 2.56. The standard InChI is InChI=1S/C21H13FN8/c22-13-3-1-11(2-4-13)18-20-15(5-6-23-18)27-21(28-20)19-14-7-16(12-8-25-26-9-12)24-10-17(14)29-30-19/h1-10H,(H,25,26)(H,27,28)(H,29,30). The number of aromatic amines is 3. The van der Waals surface area contributed by atoms with Gasteiger partial charge in [0, 0.05) is 28.9 Å². The molecule has 9 heteroatoms. The van der Waals surface area contributed by atoms with E-state index in [1.165, 1.54) is 12.1 Å². The van der Waals surface area contributed by atoms with Gasteiger partial charge in [-0.2, -0.15) is 10.2 Å². The smallest absolute Gasteiger partial charge is 0.159 e. The van der Waals surface area contributed by atoms with Crippen LogP contribution in [0, 0.1) is 5.82 Å². The number of hydrogen-bond donors (Lipinski definition) is 3. The van der Waals surface area contributed by atoms with Gasteiger partial charge in [-0.15, -0.1) is 0 Å². The van der Waals surface area contributed by atoms with Gasteiger partial charge in [-0.3, -0.25) is 20.2 Å². The fraction of sp³-hybridized carbons (Fsp3) is 0. The lowest BCUT2D eigenvalue weighted by Gasteiger charge is -2.01. The minimum absolute atomic E-state index is 0.293. The number of imidazole rings is 1. The number of H-pyrrole nitrogens is 3. The molecule has 0 saturated carbocycles. The second-order valence-electron chi connectivity index (χ2n) is 6.82. The summed E-state index contributed by atoms with van der Waals surface area (Å²) in [5.74, 6) is 0.315. The van der Waals surface area contributed by atoms with Crippen molar-refractivity contribution in [3.8, 4) is 34.0 Å². The number of hydrogen-bond acceptors (Lipinski definition) is 5. The Hall–Kier alpha value is -4.40. The van der Waals surface area contributed by atoms with Crippen molar-refractivity contribution in [3.05, 3.63) is 67.0 Å². The minimum Gasteiger partial charge on any atom is -0.336 e. The van der Waals surface area contributed by atoms with Gasteiger partial charge in [0.05, 0.1) is 34.8 Å². The van der Waals surface area contributed by atoms with Crippen molar-refractivity contribution in [1.82, 2.24) is 40.3 Å². The molecule has 0 atom stereocenters. The predicted octanol–water partition coefficient (Wildman–Crippen LogP) is 4.09. The van der Waals surface area contributed by atoms with E-state index >= 15 is 0 Å². The summed E-state index contributed by atoms with van der Waals surface area (Å²) in [7, 11) is 0. The first kappa shape index (κ1) is 16.5. The van der Waals surface area contributed by atoms with Crippen molar-refractivity contribution in [2.45, 2.75) is 0 Å². The van der Waals surface area contributed by atoms with Crippen molar-refractivity contribution < 1.29 is 4.39 Å². The first-order valence-electron chi connectivity index (χ1n) is 9.20. The zero-order valence-corrected chi connectivity index (χ0v) is 15.4. The van der Waals surface area contributed by atoms with Crippen LogP contribution in [0.25, 0.3) is 56.0 Å². The van der Waals surface area contributed by atoms with Gasteiger partial charge in [0.25, 0.3) is 0 Å². The SMILES string of the molecule is Fc1ccc(-c2nccc3[nH]c(-c4n[nH]c5cnc(-c6cn[nH]c6)cc45)nc23)cc1. The van der Waals surface area contributed by atoms with Gasteiger partial charge in [0.2, 0.25) is 0 Å². The molecule has 5 heterocycles. The van der Waals surface area contributed by atoms with E-state index < -0.39 is 0 Å². The van der Waals surface area contributed by atoms with Crippen LogP contribution in [0.3, 0.4) is 0 Å². The van der Waals surface area contributed by atoms with Crippen LogP contribution in [-0.4, -0.2) is 40.3 Å². The van der Waals surface area contributed by atoms with Gasteiger partial charge in [0.15, 0.2) is 5.82 Å². The fourth-order valence-corrected chi connectivity index (χ4v) is 3.51. The summed E-state index contributed by atoms with van der Waals surface area (Å²) in [6.45, 7) is 0. The Balaban J connectivity index is 1.52. The Kier molecular flexibility index (Phi) is 3.48. The number of nitrogens with zero attached hydrogens (tertiary/aromatic N) is 5. The quantitative estimate of drug-likeness (QED) is 0.417. The minimum atomic E-state index is -0.293. The number of rotatable bonds is 3. The van der Waals surface area contributed by atoms with E-state index in [0.717, 1.165) is 33.2 Å². The molecule has 0 saturated heterocycles. The maximum Gasteiger partial charge on any atom is 0.159 e. The number of halogens is 1. The lowest BCUT2D eigenvalue weighted by molar-refractivity contribution is 0.628. The molecule has 0 aliphatic heterocycles. The zero-order valence-electron chi connectivity index (χ0n) is 15.4. The molecule has 0 fully saturated rings. The average Bonchev–Trinajstić information content (AvgIpc) is 3.52. The van der Waals surface area contributed by atoms with Gasteiger partial charge in [-0.1, -0.05) is 0 Å². The van der Waals surface area contributed by atoms with E-state index in [-0.39, 0.29) is 5.82 Å².